The maximum atomic E-state index is 11.8. The number of carbonyl (C=O) groups is 1. The van der Waals surface area contributed by atoms with Gasteiger partial charge in [0.05, 0.1) is 18.6 Å². The van der Waals surface area contributed by atoms with Gasteiger partial charge in [0.2, 0.25) is 0 Å². The topological polar surface area (TPSA) is 46.5 Å². The molecule has 1 fully saturated rings. The highest BCUT2D eigenvalue weighted by Crippen LogP contribution is 2.63. The first-order valence-corrected chi connectivity index (χ1v) is 6.61. The Morgan fingerprint density at radius 2 is 2.33 bits per heavy atom. The summed E-state index contributed by atoms with van der Waals surface area (Å²) in [5.74, 6) is 0.639. The number of rotatable bonds is 3. The smallest absolute Gasteiger partial charge is 0.309 e. The quantitative estimate of drug-likeness (QED) is 0.832. The molecule has 4 atom stereocenters. The van der Waals surface area contributed by atoms with Crippen molar-refractivity contribution in [2.75, 3.05) is 6.61 Å². The molecule has 0 unspecified atom stereocenters. The predicted molar refractivity (Wildman–Crippen MR) is 67.1 cm³/mol. The van der Waals surface area contributed by atoms with Crippen LogP contribution in [0.3, 0.4) is 0 Å². The van der Waals surface area contributed by atoms with Gasteiger partial charge in [0.15, 0.2) is 0 Å². The summed E-state index contributed by atoms with van der Waals surface area (Å²) in [7, 11) is 0. The van der Waals surface area contributed by atoms with Crippen molar-refractivity contribution in [1.29, 1.82) is 0 Å². The van der Waals surface area contributed by atoms with Crippen LogP contribution in [-0.4, -0.2) is 17.7 Å². The fourth-order valence-corrected chi connectivity index (χ4v) is 3.42. The van der Waals surface area contributed by atoms with Crippen LogP contribution < -0.4 is 0 Å². The van der Waals surface area contributed by atoms with Crippen LogP contribution in [0.25, 0.3) is 0 Å². The molecule has 3 nitrogen and oxygen atoms in total. The molecule has 0 aliphatic heterocycles. The highest BCUT2D eigenvalue weighted by Gasteiger charge is 2.60. The second-order valence-corrected chi connectivity index (χ2v) is 5.27. The van der Waals surface area contributed by atoms with Crippen LogP contribution in [0.5, 0.6) is 0 Å². The number of benzene rings is 1. The summed E-state index contributed by atoms with van der Waals surface area (Å²) in [5.41, 5.74) is 3.48. The lowest BCUT2D eigenvalue weighted by atomic mass is 9.94. The van der Waals surface area contributed by atoms with Gasteiger partial charge in [0.1, 0.15) is 0 Å². The second kappa shape index (κ2) is 4.09. The van der Waals surface area contributed by atoms with Gasteiger partial charge in [-0.05, 0) is 42.9 Å². The number of aliphatic hydroxyl groups is 1. The van der Waals surface area contributed by atoms with Gasteiger partial charge in [-0.2, -0.15) is 0 Å². The molecule has 0 heterocycles. The summed E-state index contributed by atoms with van der Waals surface area (Å²) in [6.07, 6.45) is 0.478. The zero-order valence-electron chi connectivity index (χ0n) is 10.7. The molecule has 3 rings (SSSR count). The van der Waals surface area contributed by atoms with E-state index in [1.807, 2.05) is 19.1 Å². The molecule has 3 heteroatoms. The molecular formula is C15H18O3. The van der Waals surface area contributed by atoms with E-state index in [1.165, 1.54) is 11.1 Å². The summed E-state index contributed by atoms with van der Waals surface area (Å²) < 4.78 is 5.12. The molecule has 0 saturated heterocycles. The maximum absolute atomic E-state index is 11.8. The van der Waals surface area contributed by atoms with Crippen LogP contribution in [-0.2, 0) is 16.0 Å². The zero-order valence-corrected chi connectivity index (χ0v) is 10.7. The van der Waals surface area contributed by atoms with Gasteiger partial charge in [-0.25, -0.2) is 0 Å². The van der Waals surface area contributed by atoms with Crippen LogP contribution in [0.1, 0.15) is 42.6 Å². The summed E-state index contributed by atoms with van der Waals surface area (Å²) in [6, 6.07) is 6.06. The van der Waals surface area contributed by atoms with Crippen molar-refractivity contribution in [2.45, 2.75) is 32.3 Å². The normalized spacial score (nSPS) is 29.4. The van der Waals surface area contributed by atoms with Crippen molar-refractivity contribution in [1.82, 2.24) is 0 Å². The average Bonchev–Trinajstić information content (AvgIpc) is 2.91. The number of ether oxygens (including phenoxy) is 1. The molecule has 0 amide bonds. The third kappa shape index (κ3) is 1.57. The Kier molecular flexibility index (Phi) is 2.67. The van der Waals surface area contributed by atoms with Gasteiger partial charge in [-0.1, -0.05) is 18.2 Å². The number of aliphatic hydroxyl groups excluding tert-OH is 1. The largest absolute Gasteiger partial charge is 0.466 e. The van der Waals surface area contributed by atoms with Crippen LogP contribution in [0.15, 0.2) is 18.2 Å². The number of hydrogen-bond acceptors (Lipinski definition) is 3. The molecule has 0 bridgehead atoms. The molecule has 2 aliphatic rings. The fraction of sp³-hybridized carbons (Fsp3) is 0.533. The second-order valence-electron chi connectivity index (χ2n) is 5.27. The molecule has 1 saturated carbocycles. The summed E-state index contributed by atoms with van der Waals surface area (Å²) >= 11 is 0. The Morgan fingerprint density at radius 1 is 1.56 bits per heavy atom. The Bertz CT molecular complexity index is 493. The Hall–Kier alpha value is -1.35. The maximum Gasteiger partial charge on any atom is 0.309 e. The molecule has 96 valence electrons. The van der Waals surface area contributed by atoms with E-state index in [0.29, 0.717) is 12.5 Å². The van der Waals surface area contributed by atoms with Crippen molar-refractivity contribution >= 4 is 5.97 Å². The minimum absolute atomic E-state index is 0.0253. The van der Waals surface area contributed by atoms with Crippen LogP contribution >= 0.6 is 0 Å². The molecule has 1 aromatic rings. The molecule has 0 aromatic heterocycles. The van der Waals surface area contributed by atoms with E-state index in [4.69, 9.17) is 4.74 Å². The Morgan fingerprint density at radius 3 is 3.00 bits per heavy atom. The van der Waals surface area contributed by atoms with E-state index in [1.54, 1.807) is 6.92 Å². The molecule has 0 radical (unpaired) electrons. The lowest BCUT2D eigenvalue weighted by Crippen LogP contribution is -2.12. The first-order chi connectivity index (χ1) is 8.65. The number of fused-ring (bicyclic) bond motifs is 3. The summed E-state index contributed by atoms with van der Waals surface area (Å²) in [4.78, 5) is 11.8. The van der Waals surface area contributed by atoms with E-state index in [2.05, 4.69) is 6.07 Å². The third-order valence-electron chi connectivity index (χ3n) is 4.20. The zero-order chi connectivity index (χ0) is 12.9. The van der Waals surface area contributed by atoms with Crippen molar-refractivity contribution in [2.24, 2.45) is 11.8 Å². The number of esters is 1. The molecule has 18 heavy (non-hydrogen) atoms. The minimum atomic E-state index is -0.470. The van der Waals surface area contributed by atoms with Crippen molar-refractivity contribution in [3.63, 3.8) is 0 Å². The summed E-state index contributed by atoms with van der Waals surface area (Å²) in [5, 5.41) is 9.84. The van der Waals surface area contributed by atoms with Gasteiger partial charge < -0.3 is 9.84 Å². The van der Waals surface area contributed by atoms with Gasteiger partial charge >= 0.3 is 5.97 Å². The highest BCUT2D eigenvalue weighted by atomic mass is 16.5. The van der Waals surface area contributed by atoms with Crippen LogP contribution in [0.2, 0.25) is 0 Å². The molecule has 0 spiro atoms. The standard InChI is InChI=1S/C15H18O3/c1-3-18-15(17)14-11-7-9-5-4-6-10(8(2)16)12(9)13(11)14/h4-6,8,11,13-14,16H,3,7H2,1-2H3/t8-,11+,13+,14-/m1/s1. The third-order valence-corrected chi connectivity index (χ3v) is 4.20. The van der Waals surface area contributed by atoms with Crippen molar-refractivity contribution < 1.29 is 14.6 Å². The van der Waals surface area contributed by atoms with Gasteiger partial charge in [-0.3, -0.25) is 4.79 Å². The van der Waals surface area contributed by atoms with Gasteiger partial charge in [0.25, 0.3) is 0 Å². The van der Waals surface area contributed by atoms with Gasteiger partial charge in [0, 0.05) is 5.92 Å². The Labute approximate surface area is 107 Å². The van der Waals surface area contributed by atoms with E-state index in [-0.39, 0.29) is 17.8 Å². The number of carbonyl (C=O) groups excluding carboxylic acids is 1. The molecule has 2 aliphatic carbocycles. The van der Waals surface area contributed by atoms with Crippen LogP contribution in [0, 0.1) is 11.8 Å². The molecular weight excluding hydrogens is 228 g/mol. The van der Waals surface area contributed by atoms with Crippen molar-refractivity contribution in [3.8, 4) is 0 Å². The molecule has 1 aromatic carbocycles. The Balaban J connectivity index is 1.90. The first kappa shape index (κ1) is 11.7. The number of hydrogen-bond donors (Lipinski definition) is 1. The minimum Gasteiger partial charge on any atom is -0.466 e. The molecule has 1 N–H and O–H groups in total. The lowest BCUT2D eigenvalue weighted by Gasteiger charge is -2.14. The fourth-order valence-electron chi connectivity index (χ4n) is 3.42. The van der Waals surface area contributed by atoms with E-state index >= 15 is 0 Å². The average molecular weight is 246 g/mol. The summed E-state index contributed by atoms with van der Waals surface area (Å²) in [6.45, 7) is 4.07. The van der Waals surface area contributed by atoms with E-state index < -0.39 is 6.10 Å². The first-order valence-electron chi connectivity index (χ1n) is 6.61. The lowest BCUT2D eigenvalue weighted by molar-refractivity contribution is -0.145. The SMILES string of the molecule is CCOC(=O)[C@@H]1[C@H]2Cc3cccc([C@@H](C)O)c3[C@H]21. The van der Waals surface area contributed by atoms with Gasteiger partial charge in [-0.15, -0.1) is 0 Å². The monoisotopic (exact) mass is 246 g/mol. The highest BCUT2D eigenvalue weighted by molar-refractivity contribution is 5.80. The van der Waals surface area contributed by atoms with Crippen LogP contribution in [0.4, 0.5) is 0 Å². The van der Waals surface area contributed by atoms with E-state index in [9.17, 15) is 9.90 Å². The van der Waals surface area contributed by atoms with Crippen molar-refractivity contribution in [3.05, 3.63) is 34.9 Å². The predicted octanol–water partition coefficient (Wildman–Crippen LogP) is 2.19. The van der Waals surface area contributed by atoms with E-state index in [0.717, 1.165) is 12.0 Å².